The van der Waals surface area contributed by atoms with Crippen molar-refractivity contribution in [3.63, 3.8) is 0 Å². The Kier molecular flexibility index (Phi) is 5.28. The van der Waals surface area contributed by atoms with Gasteiger partial charge in [0.15, 0.2) is 0 Å². The van der Waals surface area contributed by atoms with E-state index in [1.165, 1.54) is 10.9 Å². The number of fused-ring (bicyclic) bond motifs is 1. The quantitative estimate of drug-likeness (QED) is 0.674. The lowest BCUT2D eigenvalue weighted by atomic mass is 9.96. The highest BCUT2D eigenvalue weighted by atomic mass is 19.3. The highest BCUT2D eigenvalue weighted by Gasteiger charge is 2.24. The number of carbonyl (C=O) groups is 1. The number of halogens is 2. The van der Waals surface area contributed by atoms with E-state index in [2.05, 4.69) is 15.0 Å². The number of carbonyl (C=O) groups excluding carboxylic acids is 1. The molecule has 9 heteroatoms. The molecule has 0 aliphatic carbocycles. The van der Waals surface area contributed by atoms with E-state index in [0.717, 1.165) is 24.4 Å². The van der Waals surface area contributed by atoms with Gasteiger partial charge in [0, 0.05) is 43.7 Å². The molecule has 7 nitrogen and oxygen atoms in total. The SMILES string of the molecule is O=C(c1ccc2nccnc2c1)N1CCC(Cn2cnc(C(F)F)cc2=O)CC1. The molecule has 3 heterocycles. The van der Waals surface area contributed by atoms with Crippen LogP contribution in [0.25, 0.3) is 11.0 Å². The normalized spacial score (nSPS) is 15.2. The van der Waals surface area contributed by atoms with Gasteiger partial charge < -0.3 is 4.90 Å². The first-order valence-electron chi connectivity index (χ1n) is 9.36. The molecule has 1 aromatic carbocycles. The molecule has 1 saturated heterocycles. The number of hydrogen-bond donors (Lipinski definition) is 0. The second-order valence-electron chi connectivity index (χ2n) is 7.10. The minimum atomic E-state index is -2.76. The van der Waals surface area contributed by atoms with Gasteiger partial charge in [0.05, 0.1) is 17.4 Å². The van der Waals surface area contributed by atoms with Crippen molar-refractivity contribution >= 4 is 16.9 Å². The van der Waals surface area contributed by atoms with Crippen molar-refractivity contribution in [3.05, 3.63) is 64.6 Å². The Bertz CT molecular complexity index is 1090. The molecule has 1 amide bonds. The molecule has 3 aromatic rings. The van der Waals surface area contributed by atoms with Gasteiger partial charge in [-0.25, -0.2) is 13.8 Å². The van der Waals surface area contributed by atoms with E-state index in [1.807, 2.05) is 0 Å². The van der Waals surface area contributed by atoms with Crippen molar-refractivity contribution in [2.45, 2.75) is 25.8 Å². The first-order chi connectivity index (χ1) is 14.0. The zero-order valence-corrected chi connectivity index (χ0v) is 15.5. The van der Waals surface area contributed by atoms with E-state index in [1.54, 1.807) is 35.5 Å². The Morgan fingerprint density at radius 1 is 1.07 bits per heavy atom. The van der Waals surface area contributed by atoms with E-state index >= 15 is 0 Å². The molecule has 0 radical (unpaired) electrons. The van der Waals surface area contributed by atoms with Crippen LogP contribution in [0.15, 0.2) is 47.8 Å². The van der Waals surface area contributed by atoms with Gasteiger partial charge >= 0.3 is 0 Å². The summed E-state index contributed by atoms with van der Waals surface area (Å²) >= 11 is 0. The lowest BCUT2D eigenvalue weighted by molar-refractivity contribution is 0.0682. The predicted octanol–water partition coefficient (Wildman–Crippen LogP) is 2.68. The maximum atomic E-state index is 12.8. The third-order valence-electron chi connectivity index (χ3n) is 5.20. The third kappa shape index (κ3) is 4.13. The van der Waals surface area contributed by atoms with Crippen LogP contribution in [0.1, 0.15) is 35.3 Å². The third-order valence-corrected chi connectivity index (χ3v) is 5.20. The van der Waals surface area contributed by atoms with Crippen LogP contribution in [0.2, 0.25) is 0 Å². The molecule has 2 aromatic heterocycles. The van der Waals surface area contributed by atoms with Crippen molar-refractivity contribution in [1.29, 1.82) is 0 Å². The van der Waals surface area contributed by atoms with E-state index < -0.39 is 17.7 Å². The average molecular weight is 399 g/mol. The number of rotatable bonds is 4. The lowest BCUT2D eigenvalue weighted by Crippen LogP contribution is -2.40. The summed E-state index contributed by atoms with van der Waals surface area (Å²) in [6.07, 6.45) is 3.07. The van der Waals surface area contributed by atoms with Gasteiger partial charge in [0.2, 0.25) is 0 Å². The number of nitrogens with zero attached hydrogens (tertiary/aromatic N) is 5. The van der Waals surface area contributed by atoms with Crippen LogP contribution in [0.4, 0.5) is 8.78 Å². The number of likely N-dealkylation sites (tertiary alicyclic amines) is 1. The number of hydrogen-bond acceptors (Lipinski definition) is 5. The largest absolute Gasteiger partial charge is 0.339 e. The fourth-order valence-corrected chi connectivity index (χ4v) is 3.57. The number of amides is 1. The fraction of sp³-hybridized carbons (Fsp3) is 0.350. The molecule has 1 aliphatic heterocycles. The zero-order valence-electron chi connectivity index (χ0n) is 15.5. The summed E-state index contributed by atoms with van der Waals surface area (Å²) in [7, 11) is 0. The van der Waals surface area contributed by atoms with E-state index in [0.29, 0.717) is 30.7 Å². The van der Waals surface area contributed by atoms with Gasteiger partial charge in [-0.1, -0.05) is 0 Å². The standard InChI is InChI=1S/C20H19F2N5O2/c21-19(22)17-10-18(28)27(12-25-17)11-13-3-7-26(8-4-13)20(29)14-1-2-15-16(9-14)24-6-5-23-15/h1-2,5-6,9-10,12-13,19H,3-4,7-8,11H2. The first kappa shape index (κ1) is 19.1. The predicted molar refractivity (Wildman–Crippen MR) is 102 cm³/mol. The summed E-state index contributed by atoms with van der Waals surface area (Å²) in [6, 6.07) is 6.16. The summed E-state index contributed by atoms with van der Waals surface area (Å²) < 4.78 is 26.6. The van der Waals surface area contributed by atoms with Crippen molar-refractivity contribution in [1.82, 2.24) is 24.4 Å². The topological polar surface area (TPSA) is 81.0 Å². The molecule has 0 spiro atoms. The number of piperidine rings is 1. The molecule has 0 N–H and O–H groups in total. The van der Waals surface area contributed by atoms with Crippen LogP contribution in [0.5, 0.6) is 0 Å². The molecule has 150 valence electrons. The van der Waals surface area contributed by atoms with Crippen molar-refractivity contribution < 1.29 is 13.6 Å². The number of benzene rings is 1. The van der Waals surface area contributed by atoms with E-state index in [9.17, 15) is 18.4 Å². The molecular formula is C20H19F2N5O2. The Morgan fingerprint density at radius 3 is 2.48 bits per heavy atom. The van der Waals surface area contributed by atoms with Crippen LogP contribution in [0, 0.1) is 5.92 Å². The minimum Gasteiger partial charge on any atom is -0.339 e. The Morgan fingerprint density at radius 2 is 1.79 bits per heavy atom. The summed E-state index contributed by atoms with van der Waals surface area (Å²) in [5.41, 5.74) is 0.990. The maximum absolute atomic E-state index is 12.8. The summed E-state index contributed by atoms with van der Waals surface area (Å²) in [5.74, 6) is 0.120. The van der Waals surface area contributed by atoms with E-state index in [-0.39, 0.29) is 11.8 Å². The summed E-state index contributed by atoms with van der Waals surface area (Å²) in [6.45, 7) is 1.54. The van der Waals surface area contributed by atoms with E-state index in [4.69, 9.17) is 0 Å². The smallest absolute Gasteiger partial charge is 0.280 e. The van der Waals surface area contributed by atoms with Crippen LogP contribution in [-0.2, 0) is 6.54 Å². The highest BCUT2D eigenvalue weighted by Crippen LogP contribution is 2.21. The molecule has 1 fully saturated rings. The van der Waals surface area contributed by atoms with Crippen molar-refractivity contribution in [2.75, 3.05) is 13.1 Å². The molecule has 0 unspecified atom stereocenters. The Labute approximate surface area is 165 Å². The van der Waals surface area contributed by atoms with Crippen LogP contribution in [-0.4, -0.2) is 43.4 Å². The highest BCUT2D eigenvalue weighted by molar-refractivity contribution is 5.97. The van der Waals surface area contributed by atoms with Crippen LogP contribution in [0.3, 0.4) is 0 Å². The van der Waals surface area contributed by atoms with Gasteiger partial charge in [-0.15, -0.1) is 0 Å². The minimum absolute atomic E-state index is 0.0591. The fourth-order valence-electron chi connectivity index (χ4n) is 3.57. The number of alkyl halides is 2. The Balaban J connectivity index is 1.38. The van der Waals surface area contributed by atoms with Crippen molar-refractivity contribution in [3.8, 4) is 0 Å². The zero-order chi connectivity index (χ0) is 20.4. The Hall–Kier alpha value is -3.23. The molecule has 0 bridgehead atoms. The van der Waals surface area contributed by atoms with Gasteiger partial charge in [0.25, 0.3) is 17.9 Å². The lowest BCUT2D eigenvalue weighted by Gasteiger charge is -2.32. The van der Waals surface area contributed by atoms with Gasteiger partial charge in [-0.3, -0.25) is 24.1 Å². The van der Waals surface area contributed by atoms with Gasteiger partial charge in [-0.05, 0) is 37.0 Å². The second-order valence-corrected chi connectivity index (χ2v) is 7.10. The van der Waals surface area contributed by atoms with Gasteiger partial charge in [-0.2, -0.15) is 0 Å². The van der Waals surface area contributed by atoms with Crippen LogP contribution < -0.4 is 5.56 Å². The summed E-state index contributed by atoms with van der Waals surface area (Å²) in [4.78, 5) is 38.7. The average Bonchev–Trinajstić information content (AvgIpc) is 2.74. The van der Waals surface area contributed by atoms with Gasteiger partial charge in [0.1, 0.15) is 5.69 Å². The molecule has 4 rings (SSSR count). The second kappa shape index (κ2) is 8.02. The van der Waals surface area contributed by atoms with Crippen molar-refractivity contribution in [2.24, 2.45) is 5.92 Å². The molecule has 0 atom stereocenters. The monoisotopic (exact) mass is 399 g/mol. The first-order valence-corrected chi connectivity index (χ1v) is 9.36. The molecule has 0 saturated carbocycles. The molecular weight excluding hydrogens is 380 g/mol. The number of aromatic nitrogens is 4. The molecule has 1 aliphatic rings. The van der Waals surface area contributed by atoms with Crippen LogP contribution >= 0.6 is 0 Å². The molecule has 29 heavy (non-hydrogen) atoms. The maximum Gasteiger partial charge on any atom is 0.280 e. The summed E-state index contributed by atoms with van der Waals surface area (Å²) in [5, 5.41) is 0.